The number of rotatable bonds is 10. The Balaban J connectivity index is 2.42. The lowest BCUT2D eigenvalue weighted by atomic mass is 9.89. The first-order valence-electron chi connectivity index (χ1n) is 9.04. The Morgan fingerprint density at radius 2 is 1.32 bits per heavy atom. The monoisotopic (exact) mass is 392 g/mol. The Kier molecular flexibility index (Phi) is 7.78. The fraction of sp³-hybridized carbons (Fsp3) is 0.429. The summed E-state index contributed by atoms with van der Waals surface area (Å²) in [5.41, 5.74) is 2.23. The van der Waals surface area contributed by atoms with Crippen LogP contribution in [0.25, 0.3) is 0 Å². The van der Waals surface area contributed by atoms with Crippen molar-refractivity contribution in [2.45, 2.75) is 25.2 Å². The average molecular weight is 392 g/mol. The van der Waals surface area contributed by atoms with Crippen LogP contribution < -0.4 is 14.2 Å². The molecule has 7 nitrogen and oxygen atoms in total. The van der Waals surface area contributed by atoms with Crippen molar-refractivity contribution in [3.05, 3.63) is 41.0 Å². The fourth-order valence-corrected chi connectivity index (χ4v) is 3.21. The molecule has 0 aliphatic carbocycles. The van der Waals surface area contributed by atoms with Gasteiger partial charge in [-0.1, -0.05) is 6.07 Å². The predicted molar refractivity (Wildman–Crippen MR) is 105 cm³/mol. The number of hydrogen-bond donors (Lipinski definition) is 4. The van der Waals surface area contributed by atoms with Gasteiger partial charge in [0.1, 0.15) is 0 Å². The van der Waals surface area contributed by atoms with Gasteiger partial charge in [0.25, 0.3) is 0 Å². The highest BCUT2D eigenvalue weighted by atomic mass is 16.5. The second kappa shape index (κ2) is 10.1. The van der Waals surface area contributed by atoms with Crippen molar-refractivity contribution >= 4 is 0 Å². The minimum atomic E-state index is -0.415. The van der Waals surface area contributed by atoms with Crippen LogP contribution in [0.4, 0.5) is 0 Å². The third-order valence-electron chi connectivity index (χ3n) is 4.69. The topological polar surface area (TPSA) is 109 Å². The number of phenolic OH excluding ortho intramolecular Hbond substituents is 2. The van der Waals surface area contributed by atoms with E-state index in [0.29, 0.717) is 30.6 Å². The zero-order valence-electron chi connectivity index (χ0n) is 16.4. The van der Waals surface area contributed by atoms with Crippen LogP contribution in [0.2, 0.25) is 0 Å². The highest BCUT2D eigenvalue weighted by molar-refractivity contribution is 5.54. The molecule has 2 rings (SSSR count). The Morgan fingerprint density at radius 1 is 0.786 bits per heavy atom. The van der Waals surface area contributed by atoms with E-state index in [2.05, 4.69) is 0 Å². The lowest BCUT2D eigenvalue weighted by Gasteiger charge is -2.20. The minimum absolute atomic E-state index is 0.0213. The fourth-order valence-electron chi connectivity index (χ4n) is 3.21. The first-order chi connectivity index (χ1) is 13.5. The maximum atomic E-state index is 10.6. The van der Waals surface area contributed by atoms with Crippen molar-refractivity contribution in [2.24, 2.45) is 0 Å². The number of methoxy groups -OCH3 is 3. The number of aliphatic hydroxyl groups is 2. The molecule has 0 amide bonds. The lowest BCUT2D eigenvalue weighted by Crippen LogP contribution is -2.10. The molecule has 0 aromatic heterocycles. The number of hydrogen-bond acceptors (Lipinski definition) is 7. The number of ether oxygens (including phenoxy) is 3. The molecule has 154 valence electrons. The molecular formula is C21H28O7. The number of aryl methyl sites for hydroxylation is 1. The van der Waals surface area contributed by atoms with Crippen molar-refractivity contribution < 1.29 is 34.6 Å². The molecule has 1 unspecified atom stereocenters. The van der Waals surface area contributed by atoms with Crippen LogP contribution in [0, 0.1) is 0 Å². The van der Waals surface area contributed by atoms with Crippen LogP contribution in [-0.2, 0) is 12.8 Å². The van der Waals surface area contributed by atoms with Gasteiger partial charge < -0.3 is 34.6 Å². The molecule has 0 radical (unpaired) electrons. The second-order valence-corrected chi connectivity index (χ2v) is 6.50. The average Bonchev–Trinajstić information content (AvgIpc) is 2.72. The van der Waals surface area contributed by atoms with E-state index in [0.717, 1.165) is 11.1 Å². The molecule has 4 N–H and O–H groups in total. The van der Waals surface area contributed by atoms with Crippen molar-refractivity contribution in [2.75, 3.05) is 34.5 Å². The summed E-state index contributed by atoms with van der Waals surface area (Å²) < 4.78 is 15.6. The standard InChI is InChI=1S/C21H28O7/c1-26-17-9-13(5-4-6-22)8-16(20(17)24)15(12-23)7-14-10-18(27-2)21(25)19(11-14)28-3/h8-11,15,22-25H,4-7,12H2,1-3H3. The molecule has 0 saturated carbocycles. The van der Waals surface area contributed by atoms with Crippen LogP contribution in [0.5, 0.6) is 28.7 Å². The van der Waals surface area contributed by atoms with E-state index in [-0.39, 0.29) is 36.2 Å². The van der Waals surface area contributed by atoms with Gasteiger partial charge in [-0.25, -0.2) is 0 Å². The van der Waals surface area contributed by atoms with Gasteiger partial charge in [-0.15, -0.1) is 0 Å². The molecule has 7 heteroatoms. The van der Waals surface area contributed by atoms with E-state index < -0.39 is 5.92 Å². The van der Waals surface area contributed by atoms with Crippen LogP contribution in [0.15, 0.2) is 24.3 Å². The minimum Gasteiger partial charge on any atom is -0.504 e. The van der Waals surface area contributed by atoms with Gasteiger partial charge in [0, 0.05) is 18.1 Å². The summed E-state index contributed by atoms with van der Waals surface area (Å²) >= 11 is 0. The predicted octanol–water partition coefficient (Wildman–Crippen LogP) is 2.37. The molecule has 0 aliphatic heterocycles. The molecule has 0 bridgehead atoms. The Hall–Kier alpha value is -2.64. The SMILES string of the molecule is COc1cc(CC(CO)c2cc(CCCO)cc(OC)c2O)cc(OC)c1O. The zero-order chi connectivity index (χ0) is 20.7. The lowest BCUT2D eigenvalue weighted by molar-refractivity contribution is 0.260. The summed E-state index contributed by atoms with van der Waals surface area (Å²) in [5.74, 6) is 0.331. The molecule has 28 heavy (non-hydrogen) atoms. The molecule has 2 aromatic carbocycles. The van der Waals surface area contributed by atoms with Gasteiger partial charge in [-0.3, -0.25) is 0 Å². The maximum Gasteiger partial charge on any atom is 0.200 e. The Labute approximate surface area is 164 Å². The number of aliphatic hydroxyl groups excluding tert-OH is 2. The Bertz CT molecular complexity index is 764. The third-order valence-corrected chi connectivity index (χ3v) is 4.69. The van der Waals surface area contributed by atoms with Gasteiger partial charge in [-0.05, 0) is 48.6 Å². The van der Waals surface area contributed by atoms with Crippen molar-refractivity contribution in [1.82, 2.24) is 0 Å². The van der Waals surface area contributed by atoms with Gasteiger partial charge in [0.2, 0.25) is 5.75 Å². The first-order valence-corrected chi connectivity index (χ1v) is 9.04. The van der Waals surface area contributed by atoms with Crippen LogP contribution in [0.3, 0.4) is 0 Å². The van der Waals surface area contributed by atoms with E-state index in [1.165, 1.54) is 21.3 Å². The van der Waals surface area contributed by atoms with E-state index in [1.807, 2.05) is 6.07 Å². The molecule has 0 heterocycles. The first kappa shape index (κ1) is 21.7. The summed E-state index contributed by atoms with van der Waals surface area (Å²) in [6.07, 6.45) is 1.59. The summed E-state index contributed by atoms with van der Waals surface area (Å²) in [5, 5.41) is 39.7. The highest BCUT2D eigenvalue weighted by Gasteiger charge is 2.21. The smallest absolute Gasteiger partial charge is 0.200 e. The summed E-state index contributed by atoms with van der Waals surface area (Å²) in [6.45, 7) is -0.138. The van der Waals surface area contributed by atoms with E-state index in [9.17, 15) is 15.3 Å². The van der Waals surface area contributed by atoms with Crippen molar-refractivity contribution in [3.63, 3.8) is 0 Å². The van der Waals surface area contributed by atoms with Crippen LogP contribution in [0.1, 0.15) is 29.0 Å². The normalized spacial score (nSPS) is 11.9. The van der Waals surface area contributed by atoms with Crippen molar-refractivity contribution in [3.8, 4) is 28.7 Å². The Morgan fingerprint density at radius 3 is 1.82 bits per heavy atom. The quantitative estimate of drug-likeness (QED) is 0.491. The second-order valence-electron chi connectivity index (χ2n) is 6.50. The maximum absolute atomic E-state index is 10.6. The van der Waals surface area contributed by atoms with E-state index in [4.69, 9.17) is 19.3 Å². The van der Waals surface area contributed by atoms with E-state index >= 15 is 0 Å². The summed E-state index contributed by atoms with van der Waals surface area (Å²) in [6, 6.07) is 6.90. The molecule has 0 aliphatic rings. The van der Waals surface area contributed by atoms with Gasteiger partial charge in [0.15, 0.2) is 23.0 Å². The molecule has 2 aromatic rings. The van der Waals surface area contributed by atoms with Gasteiger partial charge in [0.05, 0.1) is 27.9 Å². The summed E-state index contributed by atoms with van der Waals surface area (Å²) in [7, 11) is 4.37. The van der Waals surface area contributed by atoms with Crippen LogP contribution >= 0.6 is 0 Å². The molecule has 0 spiro atoms. The largest absolute Gasteiger partial charge is 0.504 e. The third kappa shape index (κ3) is 4.79. The molecule has 0 fully saturated rings. The van der Waals surface area contributed by atoms with E-state index in [1.54, 1.807) is 18.2 Å². The number of aromatic hydroxyl groups is 2. The molecule has 1 atom stereocenters. The molecule has 0 saturated heterocycles. The summed E-state index contributed by atoms with van der Waals surface area (Å²) in [4.78, 5) is 0. The van der Waals surface area contributed by atoms with Gasteiger partial charge in [-0.2, -0.15) is 0 Å². The molecular weight excluding hydrogens is 364 g/mol. The number of benzene rings is 2. The van der Waals surface area contributed by atoms with Crippen LogP contribution in [-0.4, -0.2) is 55.0 Å². The van der Waals surface area contributed by atoms with Gasteiger partial charge >= 0.3 is 0 Å². The number of phenols is 2. The van der Waals surface area contributed by atoms with Crippen molar-refractivity contribution in [1.29, 1.82) is 0 Å². The highest BCUT2D eigenvalue weighted by Crippen LogP contribution is 2.41. The zero-order valence-corrected chi connectivity index (χ0v) is 16.4.